The van der Waals surface area contributed by atoms with Crippen LogP contribution in [0, 0.1) is 0 Å². The average molecular weight is 277 g/mol. The Balaban J connectivity index is 2.69. The van der Waals surface area contributed by atoms with Gasteiger partial charge in [-0.25, -0.2) is 4.99 Å². The SMILES string of the molecule is CCCCNC(N)=NCc1cn(C)nc1C(F)(F)F. The highest BCUT2D eigenvalue weighted by atomic mass is 19.4. The van der Waals surface area contributed by atoms with Gasteiger partial charge in [-0.15, -0.1) is 0 Å². The number of aromatic nitrogens is 2. The molecule has 8 heteroatoms. The number of rotatable bonds is 5. The summed E-state index contributed by atoms with van der Waals surface area (Å²) in [7, 11) is 1.44. The van der Waals surface area contributed by atoms with Crippen LogP contribution in [0.1, 0.15) is 31.0 Å². The third-order valence-electron chi connectivity index (χ3n) is 2.43. The molecule has 5 nitrogen and oxygen atoms in total. The molecule has 0 atom stereocenters. The Hall–Kier alpha value is -1.73. The summed E-state index contributed by atoms with van der Waals surface area (Å²) in [5.41, 5.74) is 4.65. The number of guanidine groups is 1. The first kappa shape index (κ1) is 15.3. The summed E-state index contributed by atoms with van der Waals surface area (Å²) in [6.07, 6.45) is -1.25. The van der Waals surface area contributed by atoms with E-state index in [9.17, 15) is 13.2 Å². The number of aryl methyl sites for hydroxylation is 1. The van der Waals surface area contributed by atoms with Crippen LogP contribution in [-0.4, -0.2) is 22.3 Å². The normalized spacial score (nSPS) is 12.8. The van der Waals surface area contributed by atoms with Gasteiger partial charge in [0.1, 0.15) is 0 Å². The zero-order valence-electron chi connectivity index (χ0n) is 11.0. The molecule has 0 aliphatic rings. The van der Waals surface area contributed by atoms with Gasteiger partial charge in [0, 0.05) is 25.4 Å². The Morgan fingerprint density at radius 2 is 2.21 bits per heavy atom. The predicted octanol–water partition coefficient (Wildman–Crippen LogP) is 1.64. The second-order valence-corrected chi connectivity index (χ2v) is 4.16. The number of nitrogens with zero attached hydrogens (tertiary/aromatic N) is 3. The van der Waals surface area contributed by atoms with Crippen LogP contribution in [0.15, 0.2) is 11.2 Å². The standard InChI is InChI=1S/C11H18F3N5/c1-3-4-5-16-10(15)17-6-8-7-19(2)18-9(8)11(12,13)14/h7H,3-6H2,1-2H3,(H3,15,16,17). The third kappa shape index (κ3) is 4.80. The van der Waals surface area contributed by atoms with E-state index in [2.05, 4.69) is 15.4 Å². The Bertz CT molecular complexity index is 436. The Morgan fingerprint density at radius 3 is 2.79 bits per heavy atom. The van der Waals surface area contributed by atoms with Gasteiger partial charge in [0.15, 0.2) is 11.7 Å². The molecular weight excluding hydrogens is 259 g/mol. The molecule has 0 spiro atoms. The van der Waals surface area contributed by atoms with E-state index >= 15 is 0 Å². The molecule has 108 valence electrons. The molecule has 0 saturated heterocycles. The molecule has 0 saturated carbocycles. The summed E-state index contributed by atoms with van der Waals surface area (Å²) in [5, 5.41) is 6.23. The van der Waals surface area contributed by atoms with Crippen LogP contribution in [0.25, 0.3) is 0 Å². The van der Waals surface area contributed by atoms with Gasteiger partial charge in [-0.05, 0) is 6.42 Å². The van der Waals surface area contributed by atoms with Crippen LogP contribution in [0.2, 0.25) is 0 Å². The van der Waals surface area contributed by atoms with Crippen LogP contribution < -0.4 is 11.1 Å². The Kier molecular flexibility index (Phi) is 5.20. The lowest BCUT2D eigenvalue weighted by atomic mass is 10.2. The first-order valence-electron chi connectivity index (χ1n) is 5.98. The molecule has 1 aromatic rings. The average Bonchev–Trinajstić information content (AvgIpc) is 2.68. The maximum absolute atomic E-state index is 12.7. The molecular formula is C11H18F3N5. The zero-order valence-corrected chi connectivity index (χ0v) is 11.0. The second kappa shape index (κ2) is 6.44. The van der Waals surface area contributed by atoms with Crippen molar-refractivity contribution in [2.75, 3.05) is 6.54 Å². The molecule has 0 unspecified atom stereocenters. The van der Waals surface area contributed by atoms with Gasteiger partial charge < -0.3 is 11.1 Å². The highest BCUT2D eigenvalue weighted by Gasteiger charge is 2.36. The zero-order chi connectivity index (χ0) is 14.5. The summed E-state index contributed by atoms with van der Waals surface area (Å²) in [5.74, 6) is 0.144. The highest BCUT2D eigenvalue weighted by Crippen LogP contribution is 2.30. The molecule has 0 radical (unpaired) electrons. The summed E-state index contributed by atoms with van der Waals surface area (Å²) < 4.78 is 39.1. The minimum atomic E-state index is -4.48. The number of nitrogens with one attached hydrogen (secondary N) is 1. The lowest BCUT2D eigenvalue weighted by molar-refractivity contribution is -0.142. The maximum Gasteiger partial charge on any atom is 0.435 e. The molecule has 3 N–H and O–H groups in total. The minimum absolute atomic E-state index is 0.00948. The van der Waals surface area contributed by atoms with Gasteiger partial charge in [-0.1, -0.05) is 13.3 Å². The molecule has 1 aromatic heterocycles. The highest BCUT2D eigenvalue weighted by molar-refractivity contribution is 5.77. The number of unbranched alkanes of at least 4 members (excludes halogenated alkanes) is 1. The minimum Gasteiger partial charge on any atom is -0.370 e. The van der Waals surface area contributed by atoms with E-state index in [-0.39, 0.29) is 18.1 Å². The summed E-state index contributed by atoms with van der Waals surface area (Å²) >= 11 is 0. The van der Waals surface area contributed by atoms with Crippen LogP contribution >= 0.6 is 0 Å². The van der Waals surface area contributed by atoms with Crippen molar-refractivity contribution >= 4 is 5.96 Å². The summed E-state index contributed by atoms with van der Waals surface area (Å²) in [6.45, 7) is 2.54. The van der Waals surface area contributed by atoms with Crippen molar-refractivity contribution in [2.45, 2.75) is 32.5 Å². The van der Waals surface area contributed by atoms with Gasteiger partial charge >= 0.3 is 6.18 Å². The van der Waals surface area contributed by atoms with Gasteiger partial charge in [0.2, 0.25) is 0 Å². The van der Waals surface area contributed by atoms with Gasteiger partial charge in [0.05, 0.1) is 6.54 Å². The number of halogens is 3. The molecule has 19 heavy (non-hydrogen) atoms. The van der Waals surface area contributed by atoms with Gasteiger partial charge in [-0.2, -0.15) is 18.3 Å². The molecule has 0 fully saturated rings. The largest absolute Gasteiger partial charge is 0.435 e. The topological polar surface area (TPSA) is 68.2 Å². The summed E-state index contributed by atoms with van der Waals surface area (Å²) in [6, 6.07) is 0. The molecule has 1 rings (SSSR count). The quantitative estimate of drug-likeness (QED) is 0.488. The Labute approximate surface area is 109 Å². The smallest absolute Gasteiger partial charge is 0.370 e. The maximum atomic E-state index is 12.7. The van der Waals surface area contributed by atoms with Crippen molar-refractivity contribution in [3.8, 4) is 0 Å². The summed E-state index contributed by atoms with van der Waals surface area (Å²) in [4.78, 5) is 3.88. The van der Waals surface area contributed by atoms with E-state index in [0.29, 0.717) is 6.54 Å². The van der Waals surface area contributed by atoms with Crippen molar-refractivity contribution in [2.24, 2.45) is 17.8 Å². The van der Waals surface area contributed by atoms with Gasteiger partial charge in [0.25, 0.3) is 0 Å². The number of nitrogens with two attached hydrogens (primary N) is 1. The fourth-order valence-electron chi connectivity index (χ4n) is 1.51. The third-order valence-corrected chi connectivity index (χ3v) is 2.43. The van der Waals surface area contributed by atoms with Crippen LogP contribution in [0.3, 0.4) is 0 Å². The van der Waals surface area contributed by atoms with E-state index in [4.69, 9.17) is 5.73 Å². The lowest BCUT2D eigenvalue weighted by Gasteiger charge is -2.06. The number of hydrogen-bond acceptors (Lipinski definition) is 2. The monoisotopic (exact) mass is 277 g/mol. The molecule has 1 heterocycles. The molecule has 0 bridgehead atoms. The first-order valence-corrected chi connectivity index (χ1v) is 5.98. The van der Waals surface area contributed by atoms with E-state index in [0.717, 1.165) is 17.5 Å². The van der Waals surface area contributed by atoms with Crippen LogP contribution in [0.4, 0.5) is 13.2 Å². The fraction of sp³-hybridized carbons (Fsp3) is 0.636. The van der Waals surface area contributed by atoms with Crippen molar-refractivity contribution in [3.63, 3.8) is 0 Å². The van der Waals surface area contributed by atoms with Crippen molar-refractivity contribution in [1.82, 2.24) is 15.1 Å². The number of alkyl halides is 3. The van der Waals surface area contributed by atoms with Crippen molar-refractivity contribution < 1.29 is 13.2 Å². The first-order chi connectivity index (χ1) is 8.84. The predicted molar refractivity (Wildman–Crippen MR) is 66.4 cm³/mol. The Morgan fingerprint density at radius 1 is 1.53 bits per heavy atom. The van der Waals surface area contributed by atoms with Crippen molar-refractivity contribution in [1.29, 1.82) is 0 Å². The number of aliphatic imine (C=N–C) groups is 1. The molecule has 0 aliphatic carbocycles. The molecule has 0 amide bonds. The van der Waals surface area contributed by atoms with E-state index in [1.54, 1.807) is 0 Å². The van der Waals surface area contributed by atoms with Crippen LogP contribution in [-0.2, 0) is 19.8 Å². The fourth-order valence-corrected chi connectivity index (χ4v) is 1.51. The second-order valence-electron chi connectivity index (χ2n) is 4.16. The van der Waals surface area contributed by atoms with Crippen LogP contribution in [0.5, 0.6) is 0 Å². The lowest BCUT2D eigenvalue weighted by Crippen LogP contribution is -2.32. The van der Waals surface area contributed by atoms with E-state index < -0.39 is 11.9 Å². The molecule has 0 aliphatic heterocycles. The molecule has 0 aromatic carbocycles. The van der Waals surface area contributed by atoms with Gasteiger partial charge in [-0.3, -0.25) is 4.68 Å². The van der Waals surface area contributed by atoms with E-state index in [1.165, 1.54) is 13.2 Å². The van der Waals surface area contributed by atoms with E-state index in [1.807, 2.05) is 6.92 Å². The van der Waals surface area contributed by atoms with Crippen molar-refractivity contribution in [3.05, 3.63) is 17.5 Å². The number of hydrogen-bond donors (Lipinski definition) is 2.